The summed E-state index contributed by atoms with van der Waals surface area (Å²) in [6, 6.07) is 3.01. The SMILES string of the molecule is CCCc1cc(O)c(F)cc1C(C)(C)C. The van der Waals surface area contributed by atoms with Crippen LogP contribution in [-0.2, 0) is 11.8 Å². The summed E-state index contributed by atoms with van der Waals surface area (Å²) in [5.74, 6) is -0.772. The number of halogens is 1. The van der Waals surface area contributed by atoms with Crippen LogP contribution in [0, 0.1) is 5.82 Å². The molecule has 0 saturated heterocycles. The maximum Gasteiger partial charge on any atom is 0.165 e. The van der Waals surface area contributed by atoms with Gasteiger partial charge in [-0.25, -0.2) is 4.39 Å². The van der Waals surface area contributed by atoms with Gasteiger partial charge in [0, 0.05) is 0 Å². The van der Waals surface area contributed by atoms with Crippen LogP contribution in [0.1, 0.15) is 45.2 Å². The molecule has 0 fully saturated rings. The first-order chi connectivity index (χ1) is 6.86. The van der Waals surface area contributed by atoms with Gasteiger partial charge in [0.25, 0.3) is 0 Å². The Balaban J connectivity index is 3.28. The normalized spacial score (nSPS) is 11.8. The first-order valence-corrected chi connectivity index (χ1v) is 5.38. The average Bonchev–Trinajstić information content (AvgIpc) is 2.09. The third-order valence-electron chi connectivity index (χ3n) is 2.50. The highest BCUT2D eigenvalue weighted by atomic mass is 19.1. The van der Waals surface area contributed by atoms with Crippen LogP contribution < -0.4 is 0 Å². The predicted molar refractivity (Wildman–Crippen MR) is 60.8 cm³/mol. The standard InChI is InChI=1S/C13H19FO/c1-5-6-9-7-12(15)11(14)8-10(9)13(2,3)4/h7-8,15H,5-6H2,1-4H3. The molecule has 1 N–H and O–H groups in total. The lowest BCUT2D eigenvalue weighted by Gasteiger charge is -2.23. The van der Waals surface area contributed by atoms with Crippen LogP contribution >= 0.6 is 0 Å². The summed E-state index contributed by atoms with van der Waals surface area (Å²) >= 11 is 0. The number of phenols is 1. The first-order valence-electron chi connectivity index (χ1n) is 5.38. The van der Waals surface area contributed by atoms with Gasteiger partial charge in [-0.3, -0.25) is 0 Å². The second-order valence-electron chi connectivity index (χ2n) is 4.96. The van der Waals surface area contributed by atoms with Crippen molar-refractivity contribution < 1.29 is 9.50 Å². The number of hydrogen-bond donors (Lipinski definition) is 1. The Kier molecular flexibility index (Phi) is 3.38. The molecule has 0 unspecified atom stereocenters. The first kappa shape index (κ1) is 12.0. The van der Waals surface area contributed by atoms with Gasteiger partial charge in [-0.1, -0.05) is 34.1 Å². The van der Waals surface area contributed by atoms with Crippen LogP contribution in [0.2, 0.25) is 0 Å². The molecule has 1 aromatic carbocycles. The van der Waals surface area contributed by atoms with E-state index < -0.39 is 5.82 Å². The van der Waals surface area contributed by atoms with Gasteiger partial charge in [-0.05, 0) is 35.1 Å². The number of phenolic OH excluding ortho intramolecular Hbond substituents is 1. The van der Waals surface area contributed by atoms with E-state index in [0.29, 0.717) is 0 Å². The zero-order valence-corrected chi connectivity index (χ0v) is 9.89. The molecular formula is C13H19FO. The van der Waals surface area contributed by atoms with Gasteiger partial charge in [0.1, 0.15) is 0 Å². The molecule has 15 heavy (non-hydrogen) atoms. The maximum absolute atomic E-state index is 13.3. The summed E-state index contributed by atoms with van der Waals surface area (Å²) in [7, 11) is 0. The summed E-state index contributed by atoms with van der Waals surface area (Å²) in [5, 5.41) is 9.34. The van der Waals surface area contributed by atoms with Gasteiger partial charge in [-0.2, -0.15) is 0 Å². The monoisotopic (exact) mass is 210 g/mol. The molecule has 0 aliphatic carbocycles. The molecule has 0 bridgehead atoms. The van der Waals surface area contributed by atoms with Crippen LogP contribution in [-0.4, -0.2) is 5.11 Å². The summed E-state index contributed by atoms with van der Waals surface area (Å²) in [4.78, 5) is 0. The lowest BCUT2D eigenvalue weighted by molar-refractivity contribution is 0.428. The molecule has 84 valence electrons. The molecule has 0 radical (unpaired) electrons. The second-order valence-corrected chi connectivity index (χ2v) is 4.96. The molecular weight excluding hydrogens is 191 g/mol. The molecule has 0 spiro atoms. The number of rotatable bonds is 2. The summed E-state index contributed by atoms with van der Waals surface area (Å²) in [6.45, 7) is 8.24. The van der Waals surface area contributed by atoms with Crippen molar-refractivity contribution in [1.82, 2.24) is 0 Å². The van der Waals surface area contributed by atoms with Crippen molar-refractivity contribution in [2.24, 2.45) is 0 Å². The molecule has 0 aromatic heterocycles. The van der Waals surface area contributed by atoms with Gasteiger partial charge in [0.15, 0.2) is 11.6 Å². The molecule has 0 aliphatic heterocycles. The van der Waals surface area contributed by atoms with E-state index in [4.69, 9.17) is 0 Å². The molecule has 1 nitrogen and oxygen atoms in total. The molecule has 0 aliphatic rings. The van der Waals surface area contributed by atoms with Crippen molar-refractivity contribution in [3.05, 3.63) is 29.1 Å². The highest BCUT2D eigenvalue weighted by Crippen LogP contribution is 2.31. The van der Waals surface area contributed by atoms with Crippen molar-refractivity contribution in [3.63, 3.8) is 0 Å². The Hall–Kier alpha value is -1.05. The van der Waals surface area contributed by atoms with Crippen LogP contribution in [0.15, 0.2) is 12.1 Å². The molecule has 0 atom stereocenters. The fourth-order valence-corrected chi connectivity index (χ4v) is 1.78. The molecule has 0 saturated carbocycles. The quantitative estimate of drug-likeness (QED) is 0.787. The van der Waals surface area contributed by atoms with Crippen molar-refractivity contribution in [2.45, 2.75) is 46.0 Å². The molecule has 1 aromatic rings. The van der Waals surface area contributed by atoms with Crippen LogP contribution in [0.25, 0.3) is 0 Å². The Morgan fingerprint density at radius 2 is 1.87 bits per heavy atom. The fourth-order valence-electron chi connectivity index (χ4n) is 1.78. The van der Waals surface area contributed by atoms with E-state index in [2.05, 4.69) is 27.7 Å². The minimum atomic E-state index is -0.528. The number of aryl methyl sites for hydroxylation is 1. The fraction of sp³-hybridized carbons (Fsp3) is 0.538. The van der Waals surface area contributed by atoms with Crippen molar-refractivity contribution >= 4 is 0 Å². The predicted octanol–water partition coefficient (Wildman–Crippen LogP) is 3.78. The van der Waals surface area contributed by atoms with E-state index in [9.17, 15) is 9.50 Å². The van der Waals surface area contributed by atoms with E-state index in [1.165, 1.54) is 6.07 Å². The zero-order chi connectivity index (χ0) is 11.6. The Bertz CT molecular complexity index is 350. The highest BCUT2D eigenvalue weighted by molar-refractivity contribution is 5.40. The van der Waals surface area contributed by atoms with Crippen molar-refractivity contribution in [2.75, 3.05) is 0 Å². The third kappa shape index (κ3) is 2.71. The van der Waals surface area contributed by atoms with E-state index >= 15 is 0 Å². The van der Waals surface area contributed by atoms with Crippen LogP contribution in [0.4, 0.5) is 4.39 Å². The van der Waals surface area contributed by atoms with Crippen molar-refractivity contribution in [1.29, 1.82) is 0 Å². The minimum absolute atomic E-state index is 0.0843. The Morgan fingerprint density at radius 3 is 2.33 bits per heavy atom. The summed E-state index contributed by atoms with van der Waals surface area (Å²) < 4.78 is 13.3. The van der Waals surface area contributed by atoms with Gasteiger partial charge >= 0.3 is 0 Å². The van der Waals surface area contributed by atoms with Gasteiger partial charge < -0.3 is 5.11 Å². The zero-order valence-electron chi connectivity index (χ0n) is 9.89. The number of benzene rings is 1. The number of hydrogen-bond acceptors (Lipinski definition) is 1. The van der Waals surface area contributed by atoms with E-state index in [0.717, 1.165) is 24.0 Å². The highest BCUT2D eigenvalue weighted by Gasteiger charge is 2.19. The molecule has 1 rings (SSSR count). The molecule has 0 amide bonds. The summed E-state index contributed by atoms with van der Waals surface area (Å²) in [6.07, 6.45) is 1.87. The largest absolute Gasteiger partial charge is 0.505 e. The minimum Gasteiger partial charge on any atom is -0.505 e. The second kappa shape index (κ2) is 4.21. The average molecular weight is 210 g/mol. The number of aromatic hydroxyl groups is 1. The maximum atomic E-state index is 13.3. The van der Waals surface area contributed by atoms with Gasteiger partial charge in [-0.15, -0.1) is 0 Å². The topological polar surface area (TPSA) is 20.2 Å². The Labute approximate surface area is 90.9 Å². The Morgan fingerprint density at radius 1 is 1.27 bits per heavy atom. The summed E-state index contributed by atoms with van der Waals surface area (Å²) in [5.41, 5.74) is 1.95. The molecule has 0 heterocycles. The van der Waals surface area contributed by atoms with Gasteiger partial charge in [0.2, 0.25) is 0 Å². The third-order valence-corrected chi connectivity index (χ3v) is 2.50. The van der Waals surface area contributed by atoms with E-state index in [1.807, 2.05) is 0 Å². The van der Waals surface area contributed by atoms with E-state index in [-0.39, 0.29) is 11.2 Å². The van der Waals surface area contributed by atoms with E-state index in [1.54, 1.807) is 6.07 Å². The van der Waals surface area contributed by atoms with Crippen molar-refractivity contribution in [3.8, 4) is 5.75 Å². The van der Waals surface area contributed by atoms with Crippen LogP contribution in [0.5, 0.6) is 5.75 Å². The van der Waals surface area contributed by atoms with Gasteiger partial charge in [0.05, 0.1) is 0 Å². The lowest BCUT2D eigenvalue weighted by Crippen LogP contribution is -2.14. The van der Waals surface area contributed by atoms with Crippen LogP contribution in [0.3, 0.4) is 0 Å². The lowest BCUT2D eigenvalue weighted by atomic mass is 9.82. The smallest absolute Gasteiger partial charge is 0.165 e. The molecule has 2 heteroatoms.